The summed E-state index contributed by atoms with van der Waals surface area (Å²) in [6, 6.07) is 8.43. The van der Waals surface area contributed by atoms with Crippen molar-refractivity contribution in [3.8, 4) is 6.07 Å². The van der Waals surface area contributed by atoms with Crippen LogP contribution in [0.25, 0.3) is 0 Å². The Balaban J connectivity index is 1.57. The number of carbonyl (C=O) groups excluding carboxylic acids is 1. The lowest BCUT2D eigenvalue weighted by Crippen LogP contribution is -2.44. The third kappa shape index (κ3) is 4.60. The molecule has 3 N–H and O–H groups in total. The van der Waals surface area contributed by atoms with Crippen LogP contribution in [0.2, 0.25) is 0 Å². The van der Waals surface area contributed by atoms with Crippen LogP contribution in [0.5, 0.6) is 0 Å². The first-order chi connectivity index (χ1) is 14.8. The monoisotopic (exact) mass is 460 g/mol. The van der Waals surface area contributed by atoms with Crippen molar-refractivity contribution >= 4 is 33.0 Å². The zero-order valence-electron chi connectivity index (χ0n) is 17.1. The topological polar surface area (TPSA) is 120 Å². The molecule has 1 aromatic heterocycles. The number of rotatable bonds is 6. The molecule has 2 aliphatic heterocycles. The minimum atomic E-state index is -3.94. The fourth-order valence-corrected chi connectivity index (χ4v) is 6.22. The number of hydrogen-bond donors (Lipinski definition) is 3. The molecule has 2 aromatic rings. The van der Waals surface area contributed by atoms with E-state index in [2.05, 4.69) is 15.4 Å². The van der Waals surface area contributed by atoms with Crippen LogP contribution in [0.4, 0.5) is 5.69 Å². The molecule has 0 bridgehead atoms. The van der Waals surface area contributed by atoms with E-state index in [1.807, 2.05) is 24.4 Å². The highest BCUT2D eigenvalue weighted by Crippen LogP contribution is 2.36. The van der Waals surface area contributed by atoms with Gasteiger partial charge in [0.25, 0.3) is 0 Å². The van der Waals surface area contributed by atoms with Crippen molar-refractivity contribution in [2.45, 2.75) is 42.7 Å². The molecule has 1 fully saturated rings. The van der Waals surface area contributed by atoms with Crippen LogP contribution < -0.4 is 15.4 Å². The van der Waals surface area contributed by atoms with Gasteiger partial charge in [0.1, 0.15) is 10.5 Å². The summed E-state index contributed by atoms with van der Waals surface area (Å²) in [6.07, 6.45) is 1.81. The van der Waals surface area contributed by atoms with Gasteiger partial charge in [0, 0.05) is 36.9 Å². The Kier molecular flexibility index (Phi) is 6.03. The van der Waals surface area contributed by atoms with Crippen molar-refractivity contribution in [2.75, 3.05) is 25.0 Å². The Bertz CT molecular complexity index is 1130. The molecule has 2 aliphatic rings. The van der Waals surface area contributed by atoms with E-state index in [9.17, 15) is 18.5 Å². The Hall–Kier alpha value is -2.45. The lowest BCUT2D eigenvalue weighted by molar-refractivity contribution is -0.122. The molecule has 3 heterocycles. The zero-order chi connectivity index (χ0) is 22.1. The predicted molar refractivity (Wildman–Crippen MR) is 117 cm³/mol. The molecule has 2 atom stereocenters. The number of sulfonamides is 1. The van der Waals surface area contributed by atoms with E-state index in [0.29, 0.717) is 31.7 Å². The fraction of sp³-hybridized carbons (Fsp3) is 0.429. The molecule has 164 valence electrons. The van der Waals surface area contributed by atoms with Gasteiger partial charge in [-0.25, -0.2) is 13.1 Å². The van der Waals surface area contributed by atoms with Gasteiger partial charge < -0.3 is 15.4 Å². The molecule has 0 aliphatic carbocycles. The van der Waals surface area contributed by atoms with Gasteiger partial charge in [-0.15, -0.1) is 11.3 Å². The number of piperidine rings is 1. The first kappa shape index (κ1) is 21.8. The molecule has 4 rings (SSSR count). The van der Waals surface area contributed by atoms with Crippen LogP contribution >= 0.6 is 11.3 Å². The Labute approximate surface area is 185 Å². The summed E-state index contributed by atoms with van der Waals surface area (Å²) in [6.45, 7) is 2.92. The second-order valence-corrected chi connectivity index (χ2v) is 10.7. The summed E-state index contributed by atoms with van der Waals surface area (Å²) < 4.78 is 35.2. The molecule has 0 saturated carbocycles. The summed E-state index contributed by atoms with van der Waals surface area (Å²) in [5.74, 6) is -0.0130. The van der Waals surface area contributed by atoms with Crippen molar-refractivity contribution < 1.29 is 17.9 Å². The largest absolute Gasteiger partial charge is 0.379 e. The lowest BCUT2D eigenvalue weighted by Gasteiger charge is -2.34. The zero-order valence-corrected chi connectivity index (χ0v) is 18.7. The van der Waals surface area contributed by atoms with Crippen molar-refractivity contribution in [2.24, 2.45) is 0 Å². The number of nitrogens with zero attached hydrogens (tertiary/aromatic N) is 1. The maximum atomic E-state index is 13.3. The SMILES string of the molecule is CC1(CNS(=O)(=O)c2cc(C#N)ccc2NC2CCC(=O)NC2)OCCc2sccc21. The molecule has 10 heteroatoms. The van der Waals surface area contributed by atoms with E-state index in [1.165, 1.54) is 10.9 Å². The normalized spacial score (nSPS) is 23.5. The maximum Gasteiger partial charge on any atom is 0.242 e. The van der Waals surface area contributed by atoms with Crippen molar-refractivity contribution in [1.82, 2.24) is 10.0 Å². The quantitative estimate of drug-likeness (QED) is 0.607. The van der Waals surface area contributed by atoms with Gasteiger partial charge >= 0.3 is 0 Å². The number of nitrogens with one attached hydrogen (secondary N) is 3. The first-order valence-corrected chi connectivity index (χ1v) is 12.4. The van der Waals surface area contributed by atoms with E-state index in [1.54, 1.807) is 23.5 Å². The summed E-state index contributed by atoms with van der Waals surface area (Å²) in [5.41, 5.74) is 0.907. The number of fused-ring (bicyclic) bond motifs is 1. The number of ether oxygens (including phenoxy) is 1. The van der Waals surface area contributed by atoms with Crippen LogP contribution in [0.1, 0.15) is 35.8 Å². The van der Waals surface area contributed by atoms with Crippen LogP contribution in [0, 0.1) is 11.3 Å². The van der Waals surface area contributed by atoms with Gasteiger partial charge in [-0.3, -0.25) is 4.79 Å². The van der Waals surface area contributed by atoms with Crippen molar-refractivity contribution in [3.63, 3.8) is 0 Å². The number of nitriles is 1. The van der Waals surface area contributed by atoms with E-state index in [-0.39, 0.29) is 29.0 Å². The molecule has 31 heavy (non-hydrogen) atoms. The lowest BCUT2D eigenvalue weighted by atomic mass is 9.93. The van der Waals surface area contributed by atoms with Crippen molar-refractivity contribution in [3.05, 3.63) is 45.6 Å². The molecule has 1 aromatic carbocycles. The van der Waals surface area contributed by atoms with Gasteiger partial charge in [-0.1, -0.05) is 0 Å². The molecule has 2 unspecified atom stereocenters. The van der Waals surface area contributed by atoms with Gasteiger partial charge in [0.2, 0.25) is 15.9 Å². The van der Waals surface area contributed by atoms with Crippen LogP contribution in [-0.2, 0) is 31.6 Å². The van der Waals surface area contributed by atoms with Gasteiger partial charge in [0.15, 0.2) is 0 Å². The van der Waals surface area contributed by atoms with Gasteiger partial charge in [0.05, 0.1) is 23.9 Å². The molecular formula is C21H24N4O4S2. The number of amides is 1. The molecule has 1 amide bonds. The van der Waals surface area contributed by atoms with Crippen LogP contribution in [0.15, 0.2) is 34.5 Å². The van der Waals surface area contributed by atoms with Crippen LogP contribution in [-0.4, -0.2) is 40.1 Å². The average molecular weight is 461 g/mol. The van der Waals surface area contributed by atoms with Crippen LogP contribution in [0.3, 0.4) is 0 Å². The van der Waals surface area contributed by atoms with Gasteiger partial charge in [-0.05, 0) is 48.6 Å². The number of anilines is 1. The highest BCUT2D eigenvalue weighted by atomic mass is 32.2. The molecular weight excluding hydrogens is 436 g/mol. The third-order valence-corrected chi connectivity index (χ3v) is 8.11. The molecule has 0 spiro atoms. The Morgan fingerprint density at radius 3 is 2.94 bits per heavy atom. The summed E-state index contributed by atoms with van der Waals surface area (Å²) in [7, 11) is -3.94. The minimum absolute atomic E-state index is 0.00778. The second kappa shape index (κ2) is 8.59. The Morgan fingerprint density at radius 1 is 1.35 bits per heavy atom. The van der Waals surface area contributed by atoms with Crippen molar-refractivity contribution in [1.29, 1.82) is 5.26 Å². The Morgan fingerprint density at radius 2 is 2.19 bits per heavy atom. The van der Waals surface area contributed by atoms with Gasteiger partial charge in [-0.2, -0.15) is 5.26 Å². The maximum absolute atomic E-state index is 13.3. The number of benzene rings is 1. The number of carbonyl (C=O) groups is 1. The highest BCUT2D eigenvalue weighted by molar-refractivity contribution is 7.89. The average Bonchev–Trinajstić information content (AvgIpc) is 3.25. The van der Waals surface area contributed by atoms with E-state index < -0.39 is 15.6 Å². The second-order valence-electron chi connectivity index (χ2n) is 7.92. The van der Waals surface area contributed by atoms with E-state index >= 15 is 0 Å². The first-order valence-electron chi connectivity index (χ1n) is 10.1. The third-order valence-electron chi connectivity index (χ3n) is 5.69. The minimum Gasteiger partial charge on any atom is -0.379 e. The molecule has 1 saturated heterocycles. The fourth-order valence-electron chi connectivity index (χ4n) is 3.92. The predicted octanol–water partition coefficient (Wildman–Crippen LogP) is 2.08. The summed E-state index contributed by atoms with van der Waals surface area (Å²) in [4.78, 5) is 12.6. The molecule has 0 radical (unpaired) electrons. The number of hydrogen-bond acceptors (Lipinski definition) is 7. The van der Waals surface area contributed by atoms with E-state index in [0.717, 1.165) is 12.0 Å². The summed E-state index contributed by atoms with van der Waals surface area (Å²) >= 11 is 1.65. The number of thiophene rings is 1. The summed E-state index contributed by atoms with van der Waals surface area (Å²) in [5, 5.41) is 17.3. The standard InChI is InChI=1S/C21H24N4O4S2/c1-21(16-7-9-30-18(16)6-8-29-21)13-24-31(27,28)19-10-14(11-22)2-4-17(19)25-15-3-5-20(26)23-12-15/h2,4,7,9-10,15,24-25H,3,5-6,8,12-13H2,1H3,(H,23,26). The van der Waals surface area contributed by atoms with E-state index in [4.69, 9.17) is 4.74 Å². The molecule has 8 nitrogen and oxygen atoms in total. The smallest absolute Gasteiger partial charge is 0.242 e. The highest BCUT2D eigenvalue weighted by Gasteiger charge is 2.36.